The molecule has 1 aromatic carbocycles. The first-order chi connectivity index (χ1) is 8.69. The van der Waals surface area contributed by atoms with Crippen LogP contribution in [0.15, 0.2) is 24.3 Å². The average Bonchev–Trinajstić information content (AvgIpc) is 2.35. The zero-order chi connectivity index (χ0) is 14.7. The second-order valence-corrected chi connectivity index (χ2v) is 6.73. The van der Waals surface area contributed by atoms with Crippen molar-refractivity contribution in [3.8, 4) is 6.07 Å². The highest BCUT2D eigenvalue weighted by molar-refractivity contribution is 5.28. The molecule has 2 heteroatoms. The molecule has 1 aromatic rings. The van der Waals surface area contributed by atoms with Crippen molar-refractivity contribution in [1.82, 2.24) is 4.90 Å². The summed E-state index contributed by atoms with van der Waals surface area (Å²) in [4.78, 5) is 2.00. The van der Waals surface area contributed by atoms with Crippen LogP contribution in [0.5, 0.6) is 0 Å². The minimum Gasteiger partial charge on any atom is -0.292 e. The van der Waals surface area contributed by atoms with E-state index in [0.717, 1.165) is 12.8 Å². The van der Waals surface area contributed by atoms with Crippen LogP contribution in [-0.2, 0) is 11.8 Å². The second kappa shape index (κ2) is 5.75. The van der Waals surface area contributed by atoms with Crippen LogP contribution in [0.25, 0.3) is 0 Å². The molecule has 0 saturated heterocycles. The molecule has 1 unspecified atom stereocenters. The van der Waals surface area contributed by atoms with Gasteiger partial charge in [-0.2, -0.15) is 5.26 Å². The number of hydrogen-bond donors (Lipinski definition) is 0. The summed E-state index contributed by atoms with van der Waals surface area (Å²) in [5.74, 6) is 0. The van der Waals surface area contributed by atoms with E-state index in [1.54, 1.807) is 0 Å². The topological polar surface area (TPSA) is 27.0 Å². The predicted molar refractivity (Wildman–Crippen MR) is 81.2 cm³/mol. The fraction of sp³-hybridized carbons (Fsp3) is 0.588. The van der Waals surface area contributed by atoms with Crippen molar-refractivity contribution in [2.75, 3.05) is 14.1 Å². The molecule has 104 valence electrons. The Morgan fingerprint density at radius 3 is 1.95 bits per heavy atom. The lowest BCUT2D eigenvalue weighted by molar-refractivity contribution is 0.224. The molecule has 0 aliphatic heterocycles. The molecule has 1 rings (SSSR count). The molecule has 0 fully saturated rings. The largest absolute Gasteiger partial charge is 0.292 e. The molecule has 1 atom stereocenters. The van der Waals surface area contributed by atoms with E-state index >= 15 is 0 Å². The highest BCUT2D eigenvalue weighted by Gasteiger charge is 2.26. The van der Waals surface area contributed by atoms with Crippen molar-refractivity contribution in [3.63, 3.8) is 0 Å². The molecule has 0 heterocycles. The molecule has 0 spiro atoms. The number of benzene rings is 1. The maximum absolute atomic E-state index is 9.29. The van der Waals surface area contributed by atoms with E-state index in [1.165, 1.54) is 11.1 Å². The fourth-order valence-corrected chi connectivity index (χ4v) is 1.94. The van der Waals surface area contributed by atoms with Gasteiger partial charge in [-0.15, -0.1) is 0 Å². The Morgan fingerprint density at radius 1 is 1.05 bits per heavy atom. The van der Waals surface area contributed by atoms with Crippen LogP contribution in [0.1, 0.15) is 45.2 Å². The first-order valence-corrected chi connectivity index (χ1v) is 6.87. The Kier molecular flexibility index (Phi) is 4.76. The Balaban J connectivity index is 2.73. The SMILES string of the molecule is CN(C)C(C)(C#N)CCc1ccc(C(C)(C)C)cc1. The molecule has 0 aliphatic carbocycles. The van der Waals surface area contributed by atoms with Crippen LogP contribution in [0.3, 0.4) is 0 Å². The smallest absolute Gasteiger partial charge is 0.106 e. The van der Waals surface area contributed by atoms with Gasteiger partial charge in [0.2, 0.25) is 0 Å². The minimum atomic E-state index is -0.386. The van der Waals surface area contributed by atoms with Crippen LogP contribution in [0, 0.1) is 11.3 Å². The summed E-state index contributed by atoms with van der Waals surface area (Å²) in [6.45, 7) is 8.67. The predicted octanol–water partition coefficient (Wildman–Crippen LogP) is 3.76. The lowest BCUT2D eigenvalue weighted by atomic mass is 9.86. The summed E-state index contributed by atoms with van der Waals surface area (Å²) in [6.07, 6.45) is 1.79. The third-order valence-electron chi connectivity index (χ3n) is 3.95. The molecular weight excluding hydrogens is 232 g/mol. The van der Waals surface area contributed by atoms with Gasteiger partial charge in [0.1, 0.15) is 5.54 Å². The van der Waals surface area contributed by atoms with Crippen LogP contribution in [0.2, 0.25) is 0 Å². The standard InChI is InChI=1S/C17H26N2/c1-16(2,3)15-9-7-14(8-10-15)11-12-17(4,13-18)19(5)6/h7-10H,11-12H2,1-6H3. The van der Waals surface area contributed by atoms with Crippen molar-refractivity contribution >= 4 is 0 Å². The van der Waals surface area contributed by atoms with E-state index in [4.69, 9.17) is 0 Å². The van der Waals surface area contributed by atoms with Crippen molar-refractivity contribution < 1.29 is 0 Å². The van der Waals surface area contributed by atoms with Crippen molar-refractivity contribution in [1.29, 1.82) is 5.26 Å². The molecule has 0 N–H and O–H groups in total. The van der Waals surface area contributed by atoms with Gasteiger partial charge in [0, 0.05) is 0 Å². The molecule has 0 radical (unpaired) electrons. The summed E-state index contributed by atoms with van der Waals surface area (Å²) >= 11 is 0. The second-order valence-electron chi connectivity index (χ2n) is 6.73. The van der Waals surface area contributed by atoms with Crippen molar-refractivity contribution in [2.24, 2.45) is 0 Å². The highest BCUT2D eigenvalue weighted by Crippen LogP contribution is 2.24. The van der Waals surface area contributed by atoms with Crippen LogP contribution in [-0.4, -0.2) is 24.5 Å². The highest BCUT2D eigenvalue weighted by atomic mass is 15.1. The Bertz CT molecular complexity index is 446. The lowest BCUT2D eigenvalue weighted by Crippen LogP contribution is -2.40. The monoisotopic (exact) mass is 258 g/mol. The van der Waals surface area contributed by atoms with Crippen LogP contribution < -0.4 is 0 Å². The van der Waals surface area contributed by atoms with E-state index in [-0.39, 0.29) is 11.0 Å². The number of hydrogen-bond acceptors (Lipinski definition) is 2. The summed E-state index contributed by atoms with van der Waals surface area (Å²) < 4.78 is 0. The van der Waals surface area contributed by atoms with Gasteiger partial charge in [-0.1, -0.05) is 45.0 Å². The molecule has 0 saturated carbocycles. The summed E-state index contributed by atoms with van der Waals surface area (Å²) in [6, 6.07) is 11.2. The Labute approximate surface area is 118 Å². The van der Waals surface area contributed by atoms with Gasteiger partial charge >= 0.3 is 0 Å². The zero-order valence-corrected chi connectivity index (χ0v) is 13.1. The van der Waals surface area contributed by atoms with Crippen LogP contribution >= 0.6 is 0 Å². The minimum absolute atomic E-state index is 0.198. The molecule has 0 bridgehead atoms. The number of rotatable bonds is 4. The Morgan fingerprint density at radius 2 is 1.58 bits per heavy atom. The third kappa shape index (κ3) is 4.08. The van der Waals surface area contributed by atoms with E-state index < -0.39 is 0 Å². The van der Waals surface area contributed by atoms with E-state index in [1.807, 2.05) is 25.9 Å². The molecule has 0 amide bonds. The molecule has 19 heavy (non-hydrogen) atoms. The summed E-state index contributed by atoms with van der Waals surface area (Å²) in [7, 11) is 3.93. The van der Waals surface area contributed by atoms with Gasteiger partial charge in [0.25, 0.3) is 0 Å². The fourth-order valence-electron chi connectivity index (χ4n) is 1.94. The van der Waals surface area contributed by atoms with Crippen molar-refractivity contribution in [3.05, 3.63) is 35.4 Å². The summed E-state index contributed by atoms with van der Waals surface area (Å²) in [5.41, 5.74) is 2.47. The molecular formula is C17H26N2. The normalized spacial score (nSPS) is 15.1. The van der Waals surface area contributed by atoms with Gasteiger partial charge in [0.15, 0.2) is 0 Å². The quantitative estimate of drug-likeness (QED) is 0.822. The number of nitriles is 1. The van der Waals surface area contributed by atoms with Crippen LogP contribution in [0.4, 0.5) is 0 Å². The van der Waals surface area contributed by atoms with Gasteiger partial charge < -0.3 is 0 Å². The van der Waals surface area contributed by atoms with E-state index in [2.05, 4.69) is 51.1 Å². The van der Waals surface area contributed by atoms with E-state index in [0.29, 0.717) is 0 Å². The van der Waals surface area contributed by atoms with Crippen molar-refractivity contribution in [2.45, 2.75) is 51.5 Å². The van der Waals surface area contributed by atoms with E-state index in [9.17, 15) is 5.26 Å². The van der Waals surface area contributed by atoms with Gasteiger partial charge in [-0.25, -0.2) is 0 Å². The maximum atomic E-state index is 9.29. The number of nitrogens with zero attached hydrogens (tertiary/aromatic N) is 2. The summed E-state index contributed by atoms with van der Waals surface area (Å²) in [5, 5.41) is 9.29. The Hall–Kier alpha value is -1.33. The maximum Gasteiger partial charge on any atom is 0.106 e. The molecule has 0 aliphatic rings. The molecule has 0 aromatic heterocycles. The van der Waals surface area contributed by atoms with Gasteiger partial charge in [-0.3, -0.25) is 4.90 Å². The van der Waals surface area contributed by atoms with Gasteiger partial charge in [-0.05, 0) is 50.4 Å². The third-order valence-corrected chi connectivity index (χ3v) is 3.95. The van der Waals surface area contributed by atoms with Gasteiger partial charge in [0.05, 0.1) is 6.07 Å². The lowest BCUT2D eigenvalue weighted by Gasteiger charge is -2.29. The zero-order valence-electron chi connectivity index (χ0n) is 13.1. The molecule has 2 nitrogen and oxygen atoms in total. The first-order valence-electron chi connectivity index (χ1n) is 6.87. The average molecular weight is 258 g/mol. The number of aryl methyl sites for hydroxylation is 1. The first kappa shape index (κ1) is 15.7.